The fraction of sp³-hybridized carbons (Fsp3) is 0.385. The first kappa shape index (κ1) is 13.4. The van der Waals surface area contributed by atoms with Crippen LogP contribution < -0.4 is 5.73 Å². The lowest BCUT2D eigenvalue weighted by Gasteiger charge is -2.10. The highest BCUT2D eigenvalue weighted by Crippen LogP contribution is 2.27. The van der Waals surface area contributed by atoms with E-state index >= 15 is 0 Å². The van der Waals surface area contributed by atoms with Crippen molar-refractivity contribution in [2.45, 2.75) is 30.2 Å². The first-order chi connectivity index (χ1) is 7.74. The standard InChI is InChI=1S/C13H16ClNS/c1-2-3-4-7-11(15)10-16-13-9-6-5-8-12(13)14/h1,5-6,8-9,11H,3-4,7,10,15H2. The topological polar surface area (TPSA) is 26.0 Å². The van der Waals surface area contributed by atoms with E-state index in [1.807, 2.05) is 24.3 Å². The lowest BCUT2D eigenvalue weighted by Crippen LogP contribution is -2.22. The Morgan fingerprint density at radius 2 is 2.19 bits per heavy atom. The van der Waals surface area contributed by atoms with Gasteiger partial charge in [0, 0.05) is 23.1 Å². The first-order valence-corrected chi connectivity index (χ1v) is 6.66. The highest BCUT2D eigenvalue weighted by atomic mass is 35.5. The van der Waals surface area contributed by atoms with E-state index in [2.05, 4.69) is 5.92 Å². The summed E-state index contributed by atoms with van der Waals surface area (Å²) < 4.78 is 0. The van der Waals surface area contributed by atoms with E-state index in [0.29, 0.717) is 0 Å². The molecule has 0 heterocycles. The Balaban J connectivity index is 2.29. The van der Waals surface area contributed by atoms with Crippen molar-refractivity contribution in [2.24, 2.45) is 5.73 Å². The summed E-state index contributed by atoms with van der Waals surface area (Å²) in [5.41, 5.74) is 5.98. The van der Waals surface area contributed by atoms with Gasteiger partial charge >= 0.3 is 0 Å². The zero-order valence-electron chi connectivity index (χ0n) is 9.16. The average Bonchev–Trinajstić information content (AvgIpc) is 2.28. The third kappa shape index (κ3) is 4.94. The molecule has 1 aromatic carbocycles. The molecule has 3 heteroatoms. The number of benzene rings is 1. The van der Waals surface area contributed by atoms with Gasteiger partial charge in [-0.25, -0.2) is 0 Å². The van der Waals surface area contributed by atoms with E-state index < -0.39 is 0 Å². The molecule has 1 rings (SSSR count). The Labute approximate surface area is 107 Å². The van der Waals surface area contributed by atoms with Crippen LogP contribution in [0.4, 0.5) is 0 Å². The average molecular weight is 254 g/mol. The predicted molar refractivity (Wildman–Crippen MR) is 72.8 cm³/mol. The zero-order chi connectivity index (χ0) is 11.8. The number of hydrogen-bond acceptors (Lipinski definition) is 2. The van der Waals surface area contributed by atoms with Gasteiger partial charge in [0.05, 0.1) is 5.02 Å². The van der Waals surface area contributed by atoms with E-state index in [1.165, 1.54) is 0 Å². The Hall–Kier alpha value is -0.620. The zero-order valence-corrected chi connectivity index (χ0v) is 10.7. The summed E-state index contributed by atoms with van der Waals surface area (Å²) in [6.07, 6.45) is 7.97. The van der Waals surface area contributed by atoms with Crippen molar-refractivity contribution in [3.8, 4) is 12.3 Å². The molecule has 16 heavy (non-hydrogen) atoms. The van der Waals surface area contributed by atoms with Crippen LogP contribution in [0.15, 0.2) is 29.2 Å². The molecule has 0 bridgehead atoms. The molecule has 0 spiro atoms. The maximum absolute atomic E-state index is 6.05. The van der Waals surface area contributed by atoms with E-state index in [0.717, 1.165) is 34.9 Å². The summed E-state index contributed by atoms with van der Waals surface area (Å²) >= 11 is 7.75. The van der Waals surface area contributed by atoms with E-state index in [4.69, 9.17) is 23.8 Å². The normalized spacial score (nSPS) is 12.1. The van der Waals surface area contributed by atoms with Crippen molar-refractivity contribution < 1.29 is 0 Å². The summed E-state index contributed by atoms with van der Waals surface area (Å²) in [7, 11) is 0. The minimum Gasteiger partial charge on any atom is -0.327 e. The molecule has 0 saturated carbocycles. The SMILES string of the molecule is C#CCCCC(N)CSc1ccccc1Cl. The third-order valence-corrected chi connectivity index (χ3v) is 3.89. The Bertz CT molecular complexity index is 359. The van der Waals surface area contributed by atoms with Crippen molar-refractivity contribution in [3.05, 3.63) is 29.3 Å². The molecule has 1 aromatic rings. The molecule has 1 nitrogen and oxygen atoms in total. The summed E-state index contributed by atoms with van der Waals surface area (Å²) in [6, 6.07) is 8.02. The number of hydrogen-bond donors (Lipinski definition) is 1. The van der Waals surface area contributed by atoms with Crippen LogP contribution >= 0.6 is 23.4 Å². The van der Waals surface area contributed by atoms with Gasteiger partial charge in [0.2, 0.25) is 0 Å². The van der Waals surface area contributed by atoms with E-state index in [9.17, 15) is 0 Å². The molecule has 0 aliphatic rings. The van der Waals surface area contributed by atoms with Gasteiger partial charge in [-0.05, 0) is 25.0 Å². The van der Waals surface area contributed by atoms with Crippen molar-refractivity contribution >= 4 is 23.4 Å². The molecule has 0 aromatic heterocycles. The third-order valence-electron chi connectivity index (χ3n) is 2.19. The van der Waals surface area contributed by atoms with Gasteiger partial charge in [-0.3, -0.25) is 0 Å². The minimum absolute atomic E-state index is 0.189. The summed E-state index contributed by atoms with van der Waals surface area (Å²) in [6.45, 7) is 0. The maximum Gasteiger partial charge on any atom is 0.0541 e. The Kier molecular flexibility index (Phi) is 6.40. The summed E-state index contributed by atoms with van der Waals surface area (Å²) in [5.74, 6) is 3.51. The largest absolute Gasteiger partial charge is 0.327 e. The van der Waals surface area contributed by atoms with Crippen LogP contribution in [0.5, 0.6) is 0 Å². The highest BCUT2D eigenvalue weighted by Gasteiger charge is 2.05. The lowest BCUT2D eigenvalue weighted by molar-refractivity contribution is 0.641. The van der Waals surface area contributed by atoms with Crippen molar-refractivity contribution in [1.82, 2.24) is 0 Å². The molecule has 0 saturated heterocycles. The van der Waals surface area contributed by atoms with Crippen molar-refractivity contribution in [2.75, 3.05) is 5.75 Å². The van der Waals surface area contributed by atoms with Crippen LogP contribution in [0.3, 0.4) is 0 Å². The van der Waals surface area contributed by atoms with Crippen LogP contribution in [0.25, 0.3) is 0 Å². The molecule has 0 fully saturated rings. The Morgan fingerprint density at radius 3 is 2.88 bits per heavy atom. The van der Waals surface area contributed by atoms with Crippen LogP contribution in [0.2, 0.25) is 5.02 Å². The van der Waals surface area contributed by atoms with Crippen LogP contribution in [-0.4, -0.2) is 11.8 Å². The second kappa shape index (κ2) is 7.62. The van der Waals surface area contributed by atoms with Gasteiger partial charge in [0.15, 0.2) is 0 Å². The second-order valence-corrected chi connectivity index (χ2v) is 5.07. The lowest BCUT2D eigenvalue weighted by atomic mass is 10.1. The van der Waals surface area contributed by atoms with Crippen molar-refractivity contribution in [3.63, 3.8) is 0 Å². The number of rotatable bonds is 6. The molecule has 2 N–H and O–H groups in total. The predicted octanol–water partition coefficient (Wildman–Crippen LogP) is 3.56. The molecular weight excluding hydrogens is 238 g/mol. The molecule has 1 atom stereocenters. The number of unbranched alkanes of at least 4 members (excludes halogenated alkanes) is 1. The monoisotopic (exact) mass is 253 g/mol. The van der Waals surface area contributed by atoms with Gasteiger partial charge in [-0.2, -0.15) is 0 Å². The van der Waals surface area contributed by atoms with E-state index in [1.54, 1.807) is 11.8 Å². The van der Waals surface area contributed by atoms with Gasteiger partial charge < -0.3 is 5.73 Å². The fourth-order valence-electron chi connectivity index (χ4n) is 1.31. The quantitative estimate of drug-likeness (QED) is 0.477. The van der Waals surface area contributed by atoms with Gasteiger partial charge in [0.1, 0.15) is 0 Å². The summed E-state index contributed by atoms with van der Waals surface area (Å²) in [5, 5.41) is 0.795. The molecule has 0 aliphatic heterocycles. The van der Waals surface area contributed by atoms with Crippen molar-refractivity contribution in [1.29, 1.82) is 0 Å². The first-order valence-electron chi connectivity index (χ1n) is 5.30. The van der Waals surface area contributed by atoms with Gasteiger partial charge in [-0.1, -0.05) is 23.7 Å². The smallest absolute Gasteiger partial charge is 0.0541 e. The molecule has 0 aliphatic carbocycles. The maximum atomic E-state index is 6.05. The number of nitrogens with two attached hydrogens (primary N) is 1. The number of thioether (sulfide) groups is 1. The van der Waals surface area contributed by atoms with Crippen LogP contribution in [-0.2, 0) is 0 Å². The fourth-order valence-corrected chi connectivity index (χ4v) is 2.55. The molecule has 86 valence electrons. The van der Waals surface area contributed by atoms with Gasteiger partial charge in [-0.15, -0.1) is 24.1 Å². The van der Waals surface area contributed by atoms with Gasteiger partial charge in [0.25, 0.3) is 0 Å². The Morgan fingerprint density at radius 1 is 1.44 bits per heavy atom. The second-order valence-electron chi connectivity index (χ2n) is 3.60. The molecular formula is C13H16ClNS. The van der Waals surface area contributed by atoms with Crippen LogP contribution in [0, 0.1) is 12.3 Å². The minimum atomic E-state index is 0.189. The molecule has 0 amide bonds. The number of terminal acetylenes is 1. The molecule has 0 radical (unpaired) electrons. The molecule has 1 unspecified atom stereocenters. The summed E-state index contributed by atoms with van der Waals surface area (Å²) in [4.78, 5) is 1.09. The van der Waals surface area contributed by atoms with E-state index in [-0.39, 0.29) is 6.04 Å². The van der Waals surface area contributed by atoms with Crippen LogP contribution in [0.1, 0.15) is 19.3 Å². The number of halogens is 1. The highest BCUT2D eigenvalue weighted by molar-refractivity contribution is 7.99.